The van der Waals surface area contributed by atoms with Crippen LogP contribution in [0.2, 0.25) is 0 Å². The van der Waals surface area contributed by atoms with Crippen molar-refractivity contribution in [2.75, 3.05) is 20.8 Å². The summed E-state index contributed by atoms with van der Waals surface area (Å²) in [6.07, 6.45) is 0.517. The summed E-state index contributed by atoms with van der Waals surface area (Å²) in [5, 5.41) is 0. The highest BCUT2D eigenvalue weighted by molar-refractivity contribution is 5.83. The summed E-state index contributed by atoms with van der Waals surface area (Å²) in [6.45, 7) is 0.787. The number of ether oxygens (including phenoxy) is 3. The van der Waals surface area contributed by atoms with E-state index in [-0.39, 0.29) is 6.42 Å². The predicted molar refractivity (Wildman–Crippen MR) is 80.8 cm³/mol. The molecule has 2 amide bonds. The van der Waals surface area contributed by atoms with Gasteiger partial charge in [0.2, 0.25) is 5.91 Å². The van der Waals surface area contributed by atoms with Crippen molar-refractivity contribution in [2.24, 2.45) is 0 Å². The van der Waals surface area contributed by atoms with Gasteiger partial charge in [-0.2, -0.15) is 0 Å². The third kappa shape index (κ3) is 7.16. The van der Waals surface area contributed by atoms with Crippen LogP contribution in [0.3, 0.4) is 0 Å². The molecule has 0 radical (unpaired) electrons. The second kappa shape index (κ2) is 9.29. The number of methoxy groups -OCH3 is 2. The van der Waals surface area contributed by atoms with Crippen LogP contribution in [-0.2, 0) is 25.5 Å². The van der Waals surface area contributed by atoms with Crippen LogP contribution in [0.1, 0.15) is 18.9 Å². The number of nitrogens with one attached hydrogen (secondary N) is 2. The van der Waals surface area contributed by atoms with Crippen LogP contribution in [-0.4, -0.2) is 38.6 Å². The van der Waals surface area contributed by atoms with E-state index in [2.05, 4.69) is 10.9 Å². The summed E-state index contributed by atoms with van der Waals surface area (Å²) >= 11 is 0. The van der Waals surface area contributed by atoms with Crippen LogP contribution in [0.4, 0.5) is 0 Å². The van der Waals surface area contributed by atoms with E-state index in [0.717, 1.165) is 5.56 Å². The van der Waals surface area contributed by atoms with Gasteiger partial charge in [0.05, 0.1) is 14.2 Å². The van der Waals surface area contributed by atoms with Crippen LogP contribution in [0.25, 0.3) is 0 Å². The van der Waals surface area contributed by atoms with Crippen molar-refractivity contribution in [3.8, 4) is 11.5 Å². The fourth-order valence-electron chi connectivity index (χ4n) is 1.67. The Morgan fingerprint density at radius 2 is 1.61 bits per heavy atom. The average molecular weight is 324 g/mol. The number of amides is 2. The van der Waals surface area contributed by atoms with E-state index in [0.29, 0.717) is 17.9 Å². The SMILES string of the molecule is COc1cc(CCC(=O)OCC(=O)NNC(C)=O)cc(OC)c1. The Hall–Kier alpha value is -2.77. The Bertz CT molecular complexity index is 551. The van der Waals surface area contributed by atoms with Gasteiger partial charge < -0.3 is 14.2 Å². The molecule has 1 aromatic carbocycles. The quantitative estimate of drug-likeness (QED) is 0.554. The topological polar surface area (TPSA) is 103 Å². The molecule has 1 rings (SSSR count). The van der Waals surface area contributed by atoms with E-state index in [1.807, 2.05) is 0 Å². The van der Waals surface area contributed by atoms with E-state index in [9.17, 15) is 14.4 Å². The van der Waals surface area contributed by atoms with E-state index < -0.39 is 24.4 Å². The summed E-state index contributed by atoms with van der Waals surface area (Å²) in [7, 11) is 3.08. The molecule has 0 fully saturated rings. The van der Waals surface area contributed by atoms with Crippen LogP contribution in [0.5, 0.6) is 11.5 Å². The van der Waals surface area contributed by atoms with Gasteiger partial charge in [0.25, 0.3) is 5.91 Å². The molecule has 0 aliphatic carbocycles. The number of hydrazine groups is 1. The highest BCUT2D eigenvalue weighted by Crippen LogP contribution is 2.23. The molecule has 0 aliphatic rings. The van der Waals surface area contributed by atoms with Crippen molar-refractivity contribution in [1.29, 1.82) is 0 Å². The van der Waals surface area contributed by atoms with E-state index in [4.69, 9.17) is 14.2 Å². The second-order valence-corrected chi connectivity index (χ2v) is 4.61. The van der Waals surface area contributed by atoms with Crippen LogP contribution in [0, 0.1) is 0 Å². The highest BCUT2D eigenvalue weighted by atomic mass is 16.5. The summed E-state index contributed by atoms with van der Waals surface area (Å²) in [6, 6.07) is 5.31. The minimum absolute atomic E-state index is 0.101. The van der Waals surface area contributed by atoms with Crippen molar-refractivity contribution < 1.29 is 28.6 Å². The first-order valence-corrected chi connectivity index (χ1v) is 6.87. The maximum atomic E-state index is 11.6. The highest BCUT2D eigenvalue weighted by Gasteiger charge is 2.09. The molecule has 0 spiro atoms. The third-order valence-electron chi connectivity index (χ3n) is 2.77. The van der Waals surface area contributed by atoms with E-state index in [1.54, 1.807) is 32.4 Å². The smallest absolute Gasteiger partial charge is 0.306 e. The minimum atomic E-state index is -0.614. The molecule has 1 aromatic rings. The number of hydrogen-bond donors (Lipinski definition) is 2. The maximum Gasteiger partial charge on any atom is 0.306 e. The predicted octanol–water partition coefficient (Wildman–Crippen LogP) is 0.347. The molecule has 0 saturated heterocycles. The first kappa shape index (κ1) is 18.3. The first-order chi connectivity index (χ1) is 10.9. The maximum absolute atomic E-state index is 11.6. The zero-order valence-electron chi connectivity index (χ0n) is 13.3. The normalized spacial score (nSPS) is 9.70. The molecule has 0 heterocycles. The second-order valence-electron chi connectivity index (χ2n) is 4.61. The summed E-state index contributed by atoms with van der Waals surface area (Å²) in [4.78, 5) is 33.5. The lowest BCUT2D eigenvalue weighted by Gasteiger charge is -2.09. The Kier molecular flexibility index (Phi) is 7.38. The van der Waals surface area contributed by atoms with E-state index >= 15 is 0 Å². The van der Waals surface area contributed by atoms with Gasteiger partial charge >= 0.3 is 5.97 Å². The third-order valence-corrected chi connectivity index (χ3v) is 2.77. The number of carbonyl (C=O) groups is 3. The van der Waals surface area contributed by atoms with Crippen molar-refractivity contribution in [1.82, 2.24) is 10.9 Å². The number of rotatable bonds is 7. The van der Waals surface area contributed by atoms with Crippen LogP contribution in [0.15, 0.2) is 18.2 Å². The molecular weight excluding hydrogens is 304 g/mol. The van der Waals surface area contributed by atoms with Gasteiger partial charge in [0, 0.05) is 19.4 Å². The number of hydrogen-bond acceptors (Lipinski definition) is 6. The van der Waals surface area contributed by atoms with Crippen molar-refractivity contribution >= 4 is 17.8 Å². The molecule has 0 unspecified atom stereocenters. The van der Waals surface area contributed by atoms with Crippen LogP contribution < -0.4 is 20.3 Å². The van der Waals surface area contributed by atoms with Gasteiger partial charge in [-0.15, -0.1) is 0 Å². The summed E-state index contributed by atoms with van der Waals surface area (Å²) in [5.41, 5.74) is 5.04. The Morgan fingerprint density at radius 3 is 2.13 bits per heavy atom. The summed E-state index contributed by atoms with van der Waals surface area (Å²) in [5.74, 6) is -0.303. The summed E-state index contributed by atoms with van der Waals surface area (Å²) < 4.78 is 15.1. The Balaban J connectivity index is 2.41. The van der Waals surface area contributed by atoms with Crippen LogP contribution >= 0.6 is 0 Å². The first-order valence-electron chi connectivity index (χ1n) is 6.87. The van der Waals surface area contributed by atoms with Crippen molar-refractivity contribution in [3.63, 3.8) is 0 Å². The Morgan fingerprint density at radius 1 is 1.00 bits per heavy atom. The molecule has 0 bridgehead atoms. The van der Waals surface area contributed by atoms with Gasteiger partial charge in [-0.3, -0.25) is 25.2 Å². The lowest BCUT2D eigenvalue weighted by Crippen LogP contribution is -2.42. The molecule has 8 nitrogen and oxygen atoms in total. The van der Waals surface area contributed by atoms with Crippen molar-refractivity contribution in [3.05, 3.63) is 23.8 Å². The molecule has 0 aliphatic heterocycles. The van der Waals surface area contributed by atoms with Gasteiger partial charge in [0.1, 0.15) is 11.5 Å². The number of esters is 1. The minimum Gasteiger partial charge on any atom is -0.497 e. The molecule has 0 aromatic heterocycles. The molecule has 0 saturated carbocycles. The van der Waals surface area contributed by atoms with Gasteiger partial charge in [-0.05, 0) is 24.1 Å². The average Bonchev–Trinajstić information content (AvgIpc) is 2.55. The number of carbonyl (C=O) groups excluding carboxylic acids is 3. The standard InChI is InChI=1S/C15H20N2O6/c1-10(18)16-17-14(19)9-23-15(20)5-4-11-6-12(21-2)8-13(7-11)22-3/h6-8H,4-5,9H2,1-3H3,(H,16,18)(H,17,19). The zero-order chi connectivity index (χ0) is 17.2. The molecule has 2 N–H and O–H groups in total. The molecule has 23 heavy (non-hydrogen) atoms. The fourth-order valence-corrected chi connectivity index (χ4v) is 1.67. The molecule has 8 heteroatoms. The van der Waals surface area contributed by atoms with Gasteiger partial charge in [-0.25, -0.2) is 0 Å². The number of benzene rings is 1. The monoisotopic (exact) mass is 324 g/mol. The number of aryl methyl sites for hydroxylation is 1. The molecule has 126 valence electrons. The zero-order valence-corrected chi connectivity index (χ0v) is 13.3. The molecular formula is C15H20N2O6. The Labute approximate surface area is 134 Å². The molecule has 0 atom stereocenters. The fraction of sp³-hybridized carbons (Fsp3) is 0.400. The largest absolute Gasteiger partial charge is 0.497 e. The van der Waals surface area contributed by atoms with Gasteiger partial charge in [-0.1, -0.05) is 0 Å². The van der Waals surface area contributed by atoms with Crippen molar-refractivity contribution in [2.45, 2.75) is 19.8 Å². The lowest BCUT2D eigenvalue weighted by atomic mass is 10.1. The van der Waals surface area contributed by atoms with E-state index in [1.165, 1.54) is 6.92 Å². The lowest BCUT2D eigenvalue weighted by molar-refractivity contribution is -0.148. The van der Waals surface area contributed by atoms with Gasteiger partial charge in [0.15, 0.2) is 6.61 Å².